The lowest BCUT2D eigenvalue weighted by molar-refractivity contribution is 0.122. The van der Waals surface area contributed by atoms with Gasteiger partial charge in [-0.15, -0.1) is 12.4 Å². The van der Waals surface area contributed by atoms with Crippen LogP contribution in [0.25, 0.3) is 0 Å². The Bertz CT molecular complexity index is 657. The summed E-state index contributed by atoms with van der Waals surface area (Å²) in [6.07, 6.45) is 1.95. The van der Waals surface area contributed by atoms with Crippen molar-refractivity contribution in [3.8, 4) is 0 Å². The number of methoxy groups -OCH3 is 1. The Morgan fingerprint density at radius 2 is 1.79 bits per heavy atom. The minimum atomic E-state index is -3.56. The van der Waals surface area contributed by atoms with Gasteiger partial charge in [-0.1, -0.05) is 6.07 Å². The van der Waals surface area contributed by atoms with Crippen molar-refractivity contribution < 1.29 is 13.2 Å². The van der Waals surface area contributed by atoms with E-state index < -0.39 is 10.0 Å². The summed E-state index contributed by atoms with van der Waals surface area (Å²) in [5.74, 6) is 0. The number of hydrogen-bond donors (Lipinski definition) is 2. The van der Waals surface area contributed by atoms with Crippen LogP contribution in [0.1, 0.15) is 35.1 Å². The predicted molar refractivity (Wildman–Crippen MR) is 99.7 cm³/mol. The van der Waals surface area contributed by atoms with Gasteiger partial charge in [0.15, 0.2) is 0 Å². The molecule has 0 amide bonds. The quantitative estimate of drug-likeness (QED) is 0.799. The first kappa shape index (κ1) is 21.4. The van der Waals surface area contributed by atoms with Crippen LogP contribution in [0, 0.1) is 27.7 Å². The van der Waals surface area contributed by atoms with Crippen LogP contribution >= 0.6 is 12.4 Å². The van der Waals surface area contributed by atoms with Gasteiger partial charge in [-0.25, -0.2) is 13.1 Å². The second-order valence-electron chi connectivity index (χ2n) is 6.66. The molecule has 2 rings (SSSR count). The molecule has 1 aromatic carbocycles. The largest absolute Gasteiger partial charge is 0.383 e. The summed E-state index contributed by atoms with van der Waals surface area (Å²) in [7, 11) is -1.91. The van der Waals surface area contributed by atoms with Gasteiger partial charge in [-0.3, -0.25) is 0 Å². The minimum Gasteiger partial charge on any atom is -0.383 e. The van der Waals surface area contributed by atoms with Gasteiger partial charge in [0, 0.05) is 13.7 Å². The van der Waals surface area contributed by atoms with Crippen LogP contribution < -0.4 is 10.0 Å². The molecule has 24 heavy (non-hydrogen) atoms. The number of sulfonamides is 1. The highest BCUT2D eigenvalue weighted by Gasteiger charge is 2.35. The standard InChI is InChI=1S/C17H28N2O3S.ClH/c1-12-9-13(2)15(4)16(14(12)3)23(20,21)19-10-17(11-22-5)7-6-8-18-17;/h9,18-19H,6-8,10-11H2,1-5H3;1H. The van der Waals surface area contributed by atoms with E-state index in [0.29, 0.717) is 18.0 Å². The van der Waals surface area contributed by atoms with Gasteiger partial charge in [-0.2, -0.15) is 0 Å². The van der Waals surface area contributed by atoms with Crippen LogP contribution in [0.2, 0.25) is 0 Å². The van der Waals surface area contributed by atoms with E-state index in [0.717, 1.165) is 41.6 Å². The maximum atomic E-state index is 12.9. The van der Waals surface area contributed by atoms with Crippen LogP contribution in [0.3, 0.4) is 0 Å². The van der Waals surface area contributed by atoms with Crippen LogP contribution in [-0.4, -0.2) is 40.8 Å². The molecule has 1 aromatic rings. The second kappa shape index (κ2) is 8.15. The van der Waals surface area contributed by atoms with Gasteiger partial charge in [0.25, 0.3) is 0 Å². The fraction of sp³-hybridized carbons (Fsp3) is 0.647. The van der Waals surface area contributed by atoms with Crippen molar-refractivity contribution in [2.45, 2.75) is 51.0 Å². The zero-order valence-corrected chi connectivity index (χ0v) is 16.8. The first-order chi connectivity index (χ1) is 10.7. The molecular weight excluding hydrogens is 348 g/mol. The van der Waals surface area contributed by atoms with E-state index in [4.69, 9.17) is 4.74 Å². The molecule has 0 radical (unpaired) electrons. The van der Waals surface area contributed by atoms with Crippen molar-refractivity contribution in [1.29, 1.82) is 0 Å². The average molecular weight is 377 g/mol. The Balaban J connectivity index is 0.00000288. The molecule has 1 unspecified atom stereocenters. The zero-order valence-electron chi connectivity index (χ0n) is 15.2. The number of nitrogens with one attached hydrogen (secondary N) is 2. The van der Waals surface area contributed by atoms with Gasteiger partial charge in [0.1, 0.15) is 0 Å². The molecule has 138 valence electrons. The summed E-state index contributed by atoms with van der Waals surface area (Å²) >= 11 is 0. The number of rotatable bonds is 6. The predicted octanol–water partition coefficient (Wildman–Crippen LogP) is 2.39. The normalized spacial score (nSPS) is 20.9. The van der Waals surface area contributed by atoms with Crippen molar-refractivity contribution in [3.05, 3.63) is 28.3 Å². The Labute approximate surface area is 152 Å². The van der Waals surface area contributed by atoms with Gasteiger partial charge in [0.2, 0.25) is 10.0 Å². The number of hydrogen-bond acceptors (Lipinski definition) is 4. The van der Waals surface area contributed by atoms with Crippen LogP contribution in [0.15, 0.2) is 11.0 Å². The average Bonchev–Trinajstić information content (AvgIpc) is 2.93. The van der Waals surface area contributed by atoms with E-state index in [1.54, 1.807) is 7.11 Å². The molecule has 1 fully saturated rings. The van der Waals surface area contributed by atoms with Gasteiger partial charge >= 0.3 is 0 Å². The lowest BCUT2D eigenvalue weighted by Gasteiger charge is -2.29. The SMILES string of the molecule is COCC1(CNS(=O)(=O)c2c(C)c(C)cc(C)c2C)CCCN1.Cl. The van der Waals surface area contributed by atoms with Gasteiger partial charge < -0.3 is 10.1 Å². The zero-order chi connectivity index (χ0) is 17.3. The molecule has 0 spiro atoms. The second-order valence-corrected chi connectivity index (χ2v) is 8.36. The fourth-order valence-electron chi connectivity index (χ4n) is 3.36. The topological polar surface area (TPSA) is 67.4 Å². The molecule has 7 heteroatoms. The molecule has 0 bridgehead atoms. The first-order valence-corrected chi connectivity index (χ1v) is 9.52. The summed E-state index contributed by atoms with van der Waals surface area (Å²) in [4.78, 5) is 0.417. The molecule has 0 aromatic heterocycles. The molecule has 1 aliphatic rings. The fourth-order valence-corrected chi connectivity index (χ4v) is 5.10. The number of halogens is 1. The third kappa shape index (κ3) is 4.29. The Hall–Kier alpha value is -0.660. The van der Waals surface area contributed by atoms with E-state index >= 15 is 0 Å². The number of benzene rings is 1. The summed E-state index contributed by atoms with van der Waals surface area (Å²) in [6, 6.07) is 2.04. The third-order valence-corrected chi connectivity index (χ3v) is 6.59. The Morgan fingerprint density at radius 3 is 2.25 bits per heavy atom. The summed E-state index contributed by atoms with van der Waals surface area (Å²) < 4.78 is 33.9. The molecule has 2 N–H and O–H groups in total. The van der Waals surface area contributed by atoms with Crippen molar-refractivity contribution in [2.75, 3.05) is 26.8 Å². The van der Waals surface area contributed by atoms with Crippen LogP contribution in [-0.2, 0) is 14.8 Å². The van der Waals surface area contributed by atoms with Gasteiger partial charge in [-0.05, 0) is 69.3 Å². The Morgan fingerprint density at radius 1 is 1.21 bits per heavy atom. The van der Waals surface area contributed by atoms with Gasteiger partial charge in [0.05, 0.1) is 17.0 Å². The molecule has 1 saturated heterocycles. The molecular formula is C17H29ClN2O3S. The summed E-state index contributed by atoms with van der Waals surface area (Å²) in [5.41, 5.74) is 3.34. The molecule has 1 heterocycles. The highest BCUT2D eigenvalue weighted by atomic mass is 35.5. The van der Waals surface area contributed by atoms with Crippen molar-refractivity contribution in [1.82, 2.24) is 10.0 Å². The summed E-state index contributed by atoms with van der Waals surface area (Å²) in [6.45, 7) is 9.38. The number of aryl methyl sites for hydroxylation is 2. The molecule has 1 atom stereocenters. The van der Waals surface area contributed by atoms with Crippen molar-refractivity contribution in [2.24, 2.45) is 0 Å². The third-order valence-electron chi connectivity index (χ3n) is 4.92. The Kier molecular flexibility index (Phi) is 7.26. The van der Waals surface area contributed by atoms with E-state index in [2.05, 4.69) is 10.0 Å². The van der Waals surface area contributed by atoms with E-state index in [1.165, 1.54) is 0 Å². The van der Waals surface area contributed by atoms with E-state index in [-0.39, 0.29) is 17.9 Å². The van der Waals surface area contributed by atoms with E-state index in [9.17, 15) is 8.42 Å². The van der Waals surface area contributed by atoms with E-state index in [1.807, 2.05) is 33.8 Å². The lowest BCUT2D eigenvalue weighted by Crippen LogP contribution is -2.53. The summed E-state index contributed by atoms with van der Waals surface area (Å²) in [5, 5.41) is 3.40. The monoisotopic (exact) mass is 376 g/mol. The highest BCUT2D eigenvalue weighted by molar-refractivity contribution is 7.89. The number of ether oxygens (including phenoxy) is 1. The molecule has 0 saturated carbocycles. The lowest BCUT2D eigenvalue weighted by atomic mass is 9.99. The molecule has 0 aliphatic carbocycles. The van der Waals surface area contributed by atoms with Crippen molar-refractivity contribution >= 4 is 22.4 Å². The minimum absolute atomic E-state index is 0. The van der Waals surface area contributed by atoms with Crippen molar-refractivity contribution in [3.63, 3.8) is 0 Å². The first-order valence-electron chi connectivity index (χ1n) is 8.03. The maximum absolute atomic E-state index is 12.9. The van der Waals surface area contributed by atoms with Crippen LogP contribution in [0.4, 0.5) is 0 Å². The molecule has 1 aliphatic heterocycles. The maximum Gasteiger partial charge on any atom is 0.241 e. The smallest absolute Gasteiger partial charge is 0.241 e. The molecule has 5 nitrogen and oxygen atoms in total. The van der Waals surface area contributed by atoms with Crippen LogP contribution in [0.5, 0.6) is 0 Å². The highest BCUT2D eigenvalue weighted by Crippen LogP contribution is 2.27.